The summed E-state index contributed by atoms with van der Waals surface area (Å²) >= 11 is 1.39. The molecule has 0 radical (unpaired) electrons. The van der Waals surface area contributed by atoms with Crippen LogP contribution in [0.1, 0.15) is 23.3 Å². The largest absolute Gasteiger partial charge is 0.336 e. The molecule has 1 aliphatic rings. The molecule has 1 aliphatic heterocycles. The third-order valence-corrected chi connectivity index (χ3v) is 4.45. The smallest absolute Gasteiger partial charge is 0.273 e. The Bertz CT molecular complexity index is 641. The van der Waals surface area contributed by atoms with Gasteiger partial charge in [0.1, 0.15) is 16.5 Å². The zero-order chi connectivity index (χ0) is 14.8. The Balaban J connectivity index is 1.78. The number of nitrogens with zero attached hydrogens (tertiary/aromatic N) is 2. The highest BCUT2D eigenvalue weighted by Gasteiger charge is 2.24. The van der Waals surface area contributed by atoms with Gasteiger partial charge in [-0.2, -0.15) is 0 Å². The van der Waals surface area contributed by atoms with Crippen molar-refractivity contribution in [3.63, 3.8) is 0 Å². The zero-order valence-electron chi connectivity index (χ0n) is 11.5. The number of carbonyl (C=O) groups is 1. The average molecular weight is 305 g/mol. The highest BCUT2D eigenvalue weighted by molar-refractivity contribution is 7.13. The molecular weight excluding hydrogens is 289 g/mol. The summed E-state index contributed by atoms with van der Waals surface area (Å²) in [7, 11) is 0. The molecule has 2 aromatic rings. The molecular formula is C15H16FN3OS. The van der Waals surface area contributed by atoms with Crippen LogP contribution < -0.4 is 5.73 Å². The lowest BCUT2D eigenvalue weighted by Gasteiger charge is -2.30. The SMILES string of the molecule is NC1CCCN(C(=O)c2csc(-c3ccc(F)cc3)n2)C1. The number of benzene rings is 1. The molecule has 0 saturated carbocycles. The van der Waals surface area contributed by atoms with Gasteiger partial charge in [0.15, 0.2) is 0 Å². The number of likely N-dealkylation sites (tertiary alicyclic amines) is 1. The standard InChI is InChI=1S/C15H16FN3OS/c16-11-5-3-10(4-6-11)14-18-13(9-21-14)15(20)19-7-1-2-12(17)8-19/h3-6,9,12H,1-2,7-8,17H2. The Morgan fingerprint density at radius 3 is 2.86 bits per heavy atom. The van der Waals surface area contributed by atoms with Crippen molar-refractivity contribution in [2.75, 3.05) is 13.1 Å². The molecule has 1 fully saturated rings. The summed E-state index contributed by atoms with van der Waals surface area (Å²) in [6.45, 7) is 1.32. The number of thiazole rings is 1. The van der Waals surface area contributed by atoms with Gasteiger partial charge in [-0.05, 0) is 37.1 Å². The number of piperidine rings is 1. The fourth-order valence-corrected chi connectivity index (χ4v) is 3.25. The number of carbonyl (C=O) groups excluding carboxylic acids is 1. The van der Waals surface area contributed by atoms with Crippen molar-refractivity contribution in [2.24, 2.45) is 5.73 Å². The van der Waals surface area contributed by atoms with Gasteiger partial charge in [-0.25, -0.2) is 9.37 Å². The van der Waals surface area contributed by atoms with E-state index in [2.05, 4.69) is 4.98 Å². The van der Waals surface area contributed by atoms with Crippen LogP contribution in [0.3, 0.4) is 0 Å². The van der Waals surface area contributed by atoms with Crippen molar-refractivity contribution in [3.8, 4) is 10.6 Å². The number of hydrogen-bond acceptors (Lipinski definition) is 4. The quantitative estimate of drug-likeness (QED) is 0.927. The number of amides is 1. The normalized spacial score (nSPS) is 18.8. The number of hydrogen-bond donors (Lipinski definition) is 1. The Labute approximate surface area is 126 Å². The van der Waals surface area contributed by atoms with E-state index in [9.17, 15) is 9.18 Å². The Morgan fingerprint density at radius 1 is 1.38 bits per heavy atom. The first kappa shape index (κ1) is 14.2. The van der Waals surface area contributed by atoms with E-state index in [0.29, 0.717) is 12.2 Å². The fraction of sp³-hybridized carbons (Fsp3) is 0.333. The van der Waals surface area contributed by atoms with Crippen molar-refractivity contribution in [3.05, 3.63) is 41.2 Å². The maximum absolute atomic E-state index is 12.9. The van der Waals surface area contributed by atoms with Crippen molar-refractivity contribution in [1.29, 1.82) is 0 Å². The van der Waals surface area contributed by atoms with E-state index >= 15 is 0 Å². The van der Waals surface area contributed by atoms with Gasteiger partial charge in [0, 0.05) is 30.1 Å². The van der Waals surface area contributed by atoms with E-state index in [1.54, 1.807) is 22.4 Å². The number of rotatable bonds is 2. The predicted molar refractivity (Wildman–Crippen MR) is 80.6 cm³/mol. The lowest BCUT2D eigenvalue weighted by atomic mass is 10.1. The third-order valence-electron chi connectivity index (χ3n) is 3.56. The Morgan fingerprint density at radius 2 is 2.14 bits per heavy atom. The molecule has 3 rings (SSSR count). The molecule has 1 unspecified atom stereocenters. The molecule has 1 saturated heterocycles. The van der Waals surface area contributed by atoms with E-state index in [4.69, 9.17) is 5.73 Å². The lowest BCUT2D eigenvalue weighted by Crippen LogP contribution is -2.45. The molecule has 4 nitrogen and oxygen atoms in total. The van der Waals surface area contributed by atoms with Crippen LogP contribution in [0, 0.1) is 5.82 Å². The van der Waals surface area contributed by atoms with Crippen LogP contribution in [0.2, 0.25) is 0 Å². The minimum atomic E-state index is -0.283. The second-order valence-electron chi connectivity index (χ2n) is 5.20. The van der Waals surface area contributed by atoms with E-state index < -0.39 is 0 Å². The maximum Gasteiger partial charge on any atom is 0.273 e. The molecule has 0 aliphatic carbocycles. The van der Waals surface area contributed by atoms with Gasteiger partial charge in [0.2, 0.25) is 0 Å². The number of halogens is 1. The van der Waals surface area contributed by atoms with Gasteiger partial charge in [-0.1, -0.05) is 0 Å². The molecule has 1 amide bonds. The molecule has 0 bridgehead atoms. The van der Waals surface area contributed by atoms with Crippen LogP contribution in [-0.2, 0) is 0 Å². The van der Waals surface area contributed by atoms with Crippen LogP contribution in [0.5, 0.6) is 0 Å². The molecule has 21 heavy (non-hydrogen) atoms. The molecule has 110 valence electrons. The van der Waals surface area contributed by atoms with Crippen LogP contribution in [-0.4, -0.2) is 34.9 Å². The van der Waals surface area contributed by atoms with Crippen LogP contribution >= 0.6 is 11.3 Å². The summed E-state index contributed by atoms with van der Waals surface area (Å²) in [5.74, 6) is -0.358. The van der Waals surface area contributed by atoms with E-state index in [1.165, 1.54) is 23.5 Å². The third kappa shape index (κ3) is 3.11. The molecule has 1 aromatic heterocycles. The van der Waals surface area contributed by atoms with Crippen LogP contribution in [0.25, 0.3) is 10.6 Å². The fourth-order valence-electron chi connectivity index (χ4n) is 2.45. The van der Waals surface area contributed by atoms with E-state index in [1.807, 2.05) is 0 Å². The second kappa shape index (κ2) is 5.91. The number of aromatic nitrogens is 1. The highest BCUT2D eigenvalue weighted by atomic mass is 32.1. The van der Waals surface area contributed by atoms with Crippen LogP contribution in [0.4, 0.5) is 4.39 Å². The van der Waals surface area contributed by atoms with E-state index in [-0.39, 0.29) is 17.8 Å². The van der Waals surface area contributed by atoms with Gasteiger partial charge < -0.3 is 10.6 Å². The highest BCUT2D eigenvalue weighted by Crippen LogP contribution is 2.25. The van der Waals surface area contributed by atoms with Gasteiger partial charge in [-0.3, -0.25) is 4.79 Å². The molecule has 1 aromatic carbocycles. The van der Waals surface area contributed by atoms with Crippen molar-refractivity contribution in [1.82, 2.24) is 9.88 Å². The topological polar surface area (TPSA) is 59.2 Å². The van der Waals surface area contributed by atoms with Gasteiger partial charge in [0.25, 0.3) is 5.91 Å². The average Bonchev–Trinajstić information content (AvgIpc) is 2.97. The predicted octanol–water partition coefficient (Wildman–Crippen LogP) is 2.51. The maximum atomic E-state index is 12.9. The molecule has 6 heteroatoms. The molecule has 2 heterocycles. The first-order chi connectivity index (χ1) is 10.1. The minimum Gasteiger partial charge on any atom is -0.336 e. The minimum absolute atomic E-state index is 0.0536. The van der Waals surface area contributed by atoms with Crippen LogP contribution in [0.15, 0.2) is 29.6 Å². The summed E-state index contributed by atoms with van der Waals surface area (Å²) in [4.78, 5) is 18.5. The summed E-state index contributed by atoms with van der Waals surface area (Å²) in [6.07, 6.45) is 1.89. The van der Waals surface area contributed by atoms with Gasteiger partial charge in [-0.15, -0.1) is 11.3 Å². The Hall–Kier alpha value is -1.79. The summed E-state index contributed by atoms with van der Waals surface area (Å²) in [6, 6.07) is 6.17. The molecule has 1 atom stereocenters. The Kier molecular flexibility index (Phi) is 3.98. The van der Waals surface area contributed by atoms with E-state index in [0.717, 1.165) is 30.0 Å². The van der Waals surface area contributed by atoms with Crippen molar-refractivity contribution < 1.29 is 9.18 Å². The number of nitrogens with two attached hydrogens (primary N) is 1. The summed E-state index contributed by atoms with van der Waals surface area (Å²) in [5.41, 5.74) is 7.16. The van der Waals surface area contributed by atoms with Gasteiger partial charge >= 0.3 is 0 Å². The zero-order valence-corrected chi connectivity index (χ0v) is 12.3. The van der Waals surface area contributed by atoms with Crippen molar-refractivity contribution >= 4 is 17.2 Å². The second-order valence-corrected chi connectivity index (χ2v) is 6.06. The van der Waals surface area contributed by atoms with Gasteiger partial charge in [0.05, 0.1) is 0 Å². The summed E-state index contributed by atoms with van der Waals surface area (Å²) in [5, 5.41) is 2.47. The lowest BCUT2D eigenvalue weighted by molar-refractivity contribution is 0.0704. The monoisotopic (exact) mass is 305 g/mol. The molecule has 2 N–H and O–H groups in total. The first-order valence-corrected chi connectivity index (χ1v) is 7.78. The van der Waals surface area contributed by atoms with Crippen molar-refractivity contribution in [2.45, 2.75) is 18.9 Å². The summed E-state index contributed by atoms with van der Waals surface area (Å²) < 4.78 is 12.9. The molecule has 0 spiro atoms. The first-order valence-electron chi connectivity index (χ1n) is 6.90.